The molecule has 27 heavy (non-hydrogen) atoms. The molecular formula is C18H24N6O2S. The summed E-state index contributed by atoms with van der Waals surface area (Å²) in [6, 6.07) is 3.61. The summed E-state index contributed by atoms with van der Waals surface area (Å²) < 4.78 is 0. The van der Waals surface area contributed by atoms with E-state index in [2.05, 4.69) is 26.3 Å². The summed E-state index contributed by atoms with van der Waals surface area (Å²) in [5, 5.41) is 12.3. The van der Waals surface area contributed by atoms with Gasteiger partial charge in [-0.3, -0.25) is 10.5 Å². The van der Waals surface area contributed by atoms with Crippen molar-refractivity contribution in [1.29, 1.82) is 0 Å². The minimum absolute atomic E-state index is 0.174. The Labute approximate surface area is 162 Å². The van der Waals surface area contributed by atoms with Crippen LogP contribution in [0.5, 0.6) is 0 Å². The van der Waals surface area contributed by atoms with E-state index in [9.17, 15) is 9.59 Å². The molecule has 144 valence electrons. The van der Waals surface area contributed by atoms with Crippen molar-refractivity contribution in [3.63, 3.8) is 0 Å². The SMILES string of the molecule is Cc1cc(C)c2cc1C(=O)NCCNC(=O)NCCSC1=NC(N)NC2=C1. The van der Waals surface area contributed by atoms with Crippen LogP contribution in [0, 0.1) is 13.8 Å². The summed E-state index contributed by atoms with van der Waals surface area (Å²) in [6.07, 6.45) is 1.37. The van der Waals surface area contributed by atoms with E-state index in [0.29, 0.717) is 31.0 Å². The van der Waals surface area contributed by atoms with E-state index in [-0.39, 0.29) is 11.9 Å². The highest BCUT2D eigenvalue weighted by atomic mass is 32.2. The maximum absolute atomic E-state index is 12.6. The van der Waals surface area contributed by atoms with E-state index in [4.69, 9.17) is 5.73 Å². The standard InChI is InChI=1S/C18H24N6O2S/c1-10-7-11(2)13-8-12(10)14-9-15(24-17(19)23-14)27-6-5-22-18(26)21-4-3-20-16(13)25/h7-9,17,23H,3-6,19H2,1-2H3,(H,20,25)(H2,21,22,26). The number of carbonyl (C=O) groups is 2. The number of nitrogens with two attached hydrogens (primary N) is 1. The molecule has 6 N–H and O–H groups in total. The highest BCUT2D eigenvalue weighted by molar-refractivity contribution is 8.14. The van der Waals surface area contributed by atoms with Gasteiger partial charge in [-0.25, -0.2) is 9.79 Å². The molecule has 0 fully saturated rings. The number of aliphatic imine (C=N–C) groups is 1. The zero-order valence-corrected chi connectivity index (χ0v) is 16.2. The van der Waals surface area contributed by atoms with Gasteiger partial charge in [0.05, 0.1) is 5.04 Å². The Morgan fingerprint density at radius 2 is 1.74 bits per heavy atom. The predicted octanol–water partition coefficient (Wildman–Crippen LogP) is 0.664. The van der Waals surface area contributed by atoms with E-state index in [0.717, 1.165) is 27.4 Å². The third-order valence-electron chi connectivity index (χ3n) is 4.28. The number of aryl methyl sites for hydroxylation is 2. The van der Waals surface area contributed by atoms with Crippen LogP contribution in [0.3, 0.4) is 0 Å². The molecule has 0 aliphatic carbocycles. The summed E-state index contributed by atoms with van der Waals surface area (Å²) in [7, 11) is 0. The van der Waals surface area contributed by atoms with Crippen LogP contribution in [0.2, 0.25) is 0 Å². The molecule has 1 atom stereocenters. The highest BCUT2D eigenvalue weighted by Crippen LogP contribution is 2.25. The van der Waals surface area contributed by atoms with Crippen LogP contribution in [-0.4, -0.2) is 48.7 Å². The van der Waals surface area contributed by atoms with E-state index >= 15 is 0 Å². The van der Waals surface area contributed by atoms with Crippen LogP contribution in [0.1, 0.15) is 27.0 Å². The molecule has 2 aliphatic rings. The molecule has 0 spiro atoms. The summed E-state index contributed by atoms with van der Waals surface area (Å²) in [5.74, 6) is 0.504. The molecule has 3 amide bonds. The molecule has 0 aromatic heterocycles. The number of carbonyl (C=O) groups excluding carboxylic acids is 2. The Hall–Kier alpha value is -2.52. The molecular weight excluding hydrogens is 364 g/mol. The Bertz CT molecular complexity index is 820. The summed E-state index contributed by atoms with van der Waals surface area (Å²) in [6.45, 7) is 5.13. The molecule has 2 aliphatic heterocycles. The molecule has 8 nitrogen and oxygen atoms in total. The number of nitrogens with zero attached hydrogens (tertiary/aromatic N) is 1. The van der Waals surface area contributed by atoms with Crippen molar-refractivity contribution >= 4 is 34.4 Å². The Morgan fingerprint density at radius 3 is 2.56 bits per heavy atom. The van der Waals surface area contributed by atoms with Gasteiger partial charge in [-0.1, -0.05) is 6.07 Å². The molecule has 4 bridgehead atoms. The maximum Gasteiger partial charge on any atom is 0.314 e. The van der Waals surface area contributed by atoms with Gasteiger partial charge in [0.1, 0.15) is 0 Å². The number of benzene rings is 1. The van der Waals surface area contributed by atoms with Crippen LogP contribution in [0.4, 0.5) is 4.79 Å². The first kappa shape index (κ1) is 19.2. The molecule has 1 aromatic carbocycles. The first-order valence-electron chi connectivity index (χ1n) is 8.80. The quantitative estimate of drug-likeness (QED) is 0.447. The van der Waals surface area contributed by atoms with Gasteiger partial charge in [-0.15, -0.1) is 11.8 Å². The molecule has 0 saturated heterocycles. The Morgan fingerprint density at radius 1 is 1.04 bits per heavy atom. The van der Waals surface area contributed by atoms with Crippen LogP contribution >= 0.6 is 11.8 Å². The number of hydrogen-bond donors (Lipinski definition) is 5. The Kier molecular flexibility index (Phi) is 6.02. The van der Waals surface area contributed by atoms with Gasteiger partial charge in [0.15, 0.2) is 6.29 Å². The van der Waals surface area contributed by atoms with Crippen LogP contribution in [0.25, 0.3) is 5.70 Å². The van der Waals surface area contributed by atoms with Crippen molar-refractivity contribution in [1.82, 2.24) is 21.3 Å². The van der Waals surface area contributed by atoms with Gasteiger partial charge in [-0.2, -0.15) is 0 Å². The predicted molar refractivity (Wildman–Crippen MR) is 109 cm³/mol. The van der Waals surface area contributed by atoms with E-state index < -0.39 is 6.29 Å². The van der Waals surface area contributed by atoms with E-state index in [1.807, 2.05) is 32.1 Å². The second-order valence-corrected chi connectivity index (χ2v) is 7.50. The first-order chi connectivity index (χ1) is 12.9. The molecule has 0 radical (unpaired) electrons. The minimum Gasteiger partial charge on any atom is -0.351 e. The van der Waals surface area contributed by atoms with E-state index in [1.54, 1.807) is 0 Å². The van der Waals surface area contributed by atoms with Gasteiger partial charge in [-0.05, 0) is 37.1 Å². The number of hydrogen-bond acceptors (Lipinski definition) is 6. The third kappa shape index (κ3) is 4.81. The number of amides is 3. The molecule has 0 saturated carbocycles. The summed E-state index contributed by atoms with van der Waals surface area (Å²) >= 11 is 1.52. The fourth-order valence-electron chi connectivity index (χ4n) is 2.98. The first-order valence-corrected chi connectivity index (χ1v) is 9.78. The lowest BCUT2D eigenvalue weighted by Crippen LogP contribution is -2.41. The largest absolute Gasteiger partial charge is 0.351 e. The zero-order chi connectivity index (χ0) is 19.4. The van der Waals surface area contributed by atoms with Crippen molar-refractivity contribution in [2.75, 3.05) is 25.4 Å². The number of thioether (sulfide) groups is 1. The van der Waals surface area contributed by atoms with E-state index in [1.165, 1.54) is 11.8 Å². The Balaban J connectivity index is 1.97. The number of fused-ring (bicyclic) bond motifs is 4. The monoisotopic (exact) mass is 388 g/mol. The topological polar surface area (TPSA) is 121 Å². The van der Waals surface area contributed by atoms with Crippen molar-refractivity contribution in [3.8, 4) is 0 Å². The van der Waals surface area contributed by atoms with Crippen molar-refractivity contribution < 1.29 is 9.59 Å². The lowest BCUT2D eigenvalue weighted by molar-refractivity contribution is 0.0953. The average Bonchev–Trinajstić information content (AvgIpc) is 2.61. The smallest absolute Gasteiger partial charge is 0.314 e. The highest BCUT2D eigenvalue weighted by Gasteiger charge is 2.19. The van der Waals surface area contributed by atoms with Crippen molar-refractivity contribution in [3.05, 3.63) is 40.5 Å². The average molecular weight is 388 g/mol. The fraction of sp³-hybridized carbons (Fsp3) is 0.389. The van der Waals surface area contributed by atoms with Crippen LogP contribution in [-0.2, 0) is 0 Å². The zero-order valence-electron chi connectivity index (χ0n) is 15.4. The van der Waals surface area contributed by atoms with Crippen LogP contribution < -0.4 is 27.0 Å². The fourth-order valence-corrected chi connectivity index (χ4v) is 3.79. The van der Waals surface area contributed by atoms with Crippen LogP contribution in [0.15, 0.2) is 23.2 Å². The number of nitrogens with one attached hydrogen (secondary N) is 4. The van der Waals surface area contributed by atoms with Gasteiger partial charge in [0.25, 0.3) is 5.91 Å². The second kappa shape index (κ2) is 8.45. The van der Waals surface area contributed by atoms with Gasteiger partial charge in [0.2, 0.25) is 0 Å². The summed E-state index contributed by atoms with van der Waals surface area (Å²) in [5.41, 5.74) is 10.3. The third-order valence-corrected chi connectivity index (χ3v) is 5.20. The number of rotatable bonds is 0. The molecule has 1 unspecified atom stereocenters. The lowest BCUT2D eigenvalue weighted by Gasteiger charge is -2.23. The normalized spacial score (nSPS) is 21.1. The second-order valence-electron chi connectivity index (χ2n) is 6.38. The maximum atomic E-state index is 12.6. The van der Waals surface area contributed by atoms with Crippen molar-refractivity contribution in [2.45, 2.75) is 20.1 Å². The molecule has 9 heteroatoms. The lowest BCUT2D eigenvalue weighted by atomic mass is 9.97. The summed E-state index contributed by atoms with van der Waals surface area (Å²) in [4.78, 5) is 28.7. The van der Waals surface area contributed by atoms with Gasteiger partial charge < -0.3 is 21.3 Å². The van der Waals surface area contributed by atoms with Crippen molar-refractivity contribution in [2.24, 2.45) is 10.7 Å². The van der Waals surface area contributed by atoms with Gasteiger partial charge >= 0.3 is 6.03 Å². The number of urea groups is 1. The molecule has 3 rings (SSSR count). The molecule has 2 heterocycles. The minimum atomic E-state index is -0.555. The molecule has 1 aromatic rings. The van der Waals surface area contributed by atoms with Gasteiger partial charge in [0, 0.05) is 42.2 Å².